The zero-order valence-electron chi connectivity index (χ0n) is 16.4. The number of ether oxygens (including phenoxy) is 2. The van der Waals surface area contributed by atoms with Gasteiger partial charge in [0, 0.05) is 17.3 Å². The first-order valence-corrected chi connectivity index (χ1v) is 10.8. The van der Waals surface area contributed by atoms with Crippen LogP contribution in [0.25, 0.3) is 10.2 Å². The summed E-state index contributed by atoms with van der Waals surface area (Å²) in [7, 11) is 1.60. The first kappa shape index (κ1) is 21.4. The van der Waals surface area contributed by atoms with E-state index in [-0.39, 0.29) is 19.1 Å². The number of amides is 1. The van der Waals surface area contributed by atoms with E-state index in [2.05, 4.69) is 9.97 Å². The number of hydrogen-bond donors (Lipinski definition) is 0. The van der Waals surface area contributed by atoms with Crippen LogP contribution in [0.2, 0.25) is 10.0 Å². The summed E-state index contributed by atoms with van der Waals surface area (Å²) < 4.78 is 11.9. The van der Waals surface area contributed by atoms with Crippen LogP contribution in [0, 0.1) is 0 Å². The fraction of sp³-hybridized carbons (Fsp3) is 0.136. The van der Waals surface area contributed by atoms with Gasteiger partial charge in [-0.05, 0) is 42.5 Å². The number of rotatable bonds is 7. The van der Waals surface area contributed by atoms with Crippen molar-refractivity contribution in [3.05, 3.63) is 76.5 Å². The van der Waals surface area contributed by atoms with E-state index in [1.165, 1.54) is 11.3 Å². The van der Waals surface area contributed by atoms with E-state index in [0.29, 0.717) is 26.7 Å². The van der Waals surface area contributed by atoms with Crippen molar-refractivity contribution in [2.45, 2.75) is 6.54 Å². The van der Waals surface area contributed by atoms with E-state index >= 15 is 0 Å². The SMILES string of the molecule is COc1ccc2sc(N(Cc3ccccn3)C(=O)COc3ccc(Cl)cc3Cl)nc2c1. The van der Waals surface area contributed by atoms with Gasteiger partial charge in [-0.2, -0.15) is 0 Å². The summed E-state index contributed by atoms with van der Waals surface area (Å²) in [5.74, 6) is 0.807. The summed E-state index contributed by atoms with van der Waals surface area (Å²) >= 11 is 13.5. The maximum Gasteiger partial charge on any atom is 0.267 e. The molecule has 0 saturated carbocycles. The first-order chi connectivity index (χ1) is 15.0. The van der Waals surface area contributed by atoms with Crippen molar-refractivity contribution >= 4 is 55.8 Å². The summed E-state index contributed by atoms with van der Waals surface area (Å²) in [5, 5.41) is 1.37. The van der Waals surface area contributed by atoms with E-state index in [1.54, 1.807) is 36.4 Å². The number of carbonyl (C=O) groups excluding carboxylic acids is 1. The lowest BCUT2D eigenvalue weighted by atomic mass is 10.3. The van der Waals surface area contributed by atoms with Gasteiger partial charge in [0.15, 0.2) is 11.7 Å². The Morgan fingerprint density at radius 2 is 2.00 bits per heavy atom. The van der Waals surface area contributed by atoms with E-state index in [9.17, 15) is 4.79 Å². The third kappa shape index (κ3) is 5.07. The van der Waals surface area contributed by atoms with Crippen LogP contribution in [-0.4, -0.2) is 29.6 Å². The fourth-order valence-electron chi connectivity index (χ4n) is 2.86. The molecule has 2 aromatic carbocycles. The second-order valence-electron chi connectivity index (χ2n) is 6.49. The van der Waals surface area contributed by atoms with Gasteiger partial charge < -0.3 is 9.47 Å². The Balaban J connectivity index is 1.61. The third-order valence-corrected chi connectivity index (χ3v) is 6.00. The Kier molecular flexibility index (Phi) is 6.56. The average Bonchev–Trinajstić information content (AvgIpc) is 3.20. The van der Waals surface area contributed by atoms with Crippen molar-refractivity contribution in [1.29, 1.82) is 0 Å². The molecule has 2 heterocycles. The van der Waals surface area contributed by atoms with Crippen LogP contribution in [-0.2, 0) is 11.3 Å². The summed E-state index contributed by atoms with van der Waals surface area (Å²) in [4.78, 5) is 23.7. The number of carbonyl (C=O) groups is 1. The highest BCUT2D eigenvalue weighted by Gasteiger charge is 2.22. The number of aromatic nitrogens is 2. The molecule has 31 heavy (non-hydrogen) atoms. The van der Waals surface area contributed by atoms with Gasteiger partial charge in [-0.25, -0.2) is 4.98 Å². The number of benzene rings is 2. The number of fused-ring (bicyclic) bond motifs is 1. The second kappa shape index (κ2) is 9.51. The minimum atomic E-state index is -0.275. The second-order valence-corrected chi connectivity index (χ2v) is 8.35. The Morgan fingerprint density at radius 1 is 1.13 bits per heavy atom. The smallest absolute Gasteiger partial charge is 0.267 e. The van der Waals surface area contributed by atoms with Gasteiger partial charge in [0.2, 0.25) is 0 Å². The van der Waals surface area contributed by atoms with Gasteiger partial charge >= 0.3 is 0 Å². The monoisotopic (exact) mass is 473 g/mol. The van der Waals surface area contributed by atoms with Crippen molar-refractivity contribution in [3.63, 3.8) is 0 Å². The third-order valence-electron chi connectivity index (χ3n) is 4.41. The molecule has 0 fully saturated rings. The normalized spacial score (nSPS) is 10.8. The Hall–Kier alpha value is -2.87. The maximum atomic E-state index is 13.1. The van der Waals surface area contributed by atoms with Gasteiger partial charge in [-0.1, -0.05) is 40.6 Å². The lowest BCUT2D eigenvalue weighted by molar-refractivity contribution is -0.120. The van der Waals surface area contributed by atoms with Gasteiger partial charge in [0.1, 0.15) is 11.5 Å². The van der Waals surface area contributed by atoms with Gasteiger partial charge in [0.05, 0.1) is 34.6 Å². The number of methoxy groups -OCH3 is 1. The summed E-state index contributed by atoms with van der Waals surface area (Å²) in [6, 6.07) is 16.0. The van der Waals surface area contributed by atoms with E-state index in [0.717, 1.165) is 15.9 Å². The quantitative estimate of drug-likeness (QED) is 0.348. The maximum absolute atomic E-state index is 13.1. The van der Waals surface area contributed by atoms with E-state index in [4.69, 9.17) is 32.7 Å². The van der Waals surface area contributed by atoms with Crippen LogP contribution in [0.5, 0.6) is 11.5 Å². The molecule has 0 unspecified atom stereocenters. The zero-order chi connectivity index (χ0) is 21.8. The largest absolute Gasteiger partial charge is 0.497 e. The summed E-state index contributed by atoms with van der Waals surface area (Å²) in [6.45, 7) is 0.0434. The lowest BCUT2D eigenvalue weighted by Gasteiger charge is -2.20. The predicted molar refractivity (Wildman–Crippen MR) is 124 cm³/mol. The highest BCUT2D eigenvalue weighted by Crippen LogP contribution is 2.32. The molecule has 0 radical (unpaired) electrons. The number of anilines is 1. The zero-order valence-corrected chi connectivity index (χ0v) is 18.7. The molecule has 1 amide bonds. The predicted octanol–water partition coefficient (Wildman–Crippen LogP) is 5.62. The molecular weight excluding hydrogens is 457 g/mol. The minimum Gasteiger partial charge on any atom is -0.497 e. The molecule has 0 spiro atoms. The lowest BCUT2D eigenvalue weighted by Crippen LogP contribution is -2.34. The van der Waals surface area contributed by atoms with Crippen LogP contribution < -0.4 is 14.4 Å². The molecule has 4 aromatic rings. The number of thiazole rings is 1. The topological polar surface area (TPSA) is 64.5 Å². The Labute approximate surface area is 193 Å². The van der Waals surface area contributed by atoms with E-state index < -0.39 is 0 Å². The van der Waals surface area contributed by atoms with Crippen LogP contribution in [0.3, 0.4) is 0 Å². The Morgan fingerprint density at radius 3 is 2.74 bits per heavy atom. The van der Waals surface area contributed by atoms with Gasteiger partial charge in [0.25, 0.3) is 5.91 Å². The molecule has 0 saturated heterocycles. The highest BCUT2D eigenvalue weighted by atomic mass is 35.5. The standard InChI is InChI=1S/C22H17Cl2N3O3S/c1-29-16-6-8-20-18(11-16)26-22(31-20)27(12-15-4-2-3-9-25-15)21(28)13-30-19-7-5-14(23)10-17(19)24/h2-11H,12-13H2,1H3. The molecule has 0 bridgehead atoms. The number of hydrogen-bond acceptors (Lipinski definition) is 6. The van der Waals surface area contributed by atoms with Crippen LogP contribution >= 0.6 is 34.5 Å². The molecule has 0 N–H and O–H groups in total. The van der Waals surface area contributed by atoms with Crippen LogP contribution in [0.4, 0.5) is 5.13 Å². The van der Waals surface area contributed by atoms with Crippen molar-refractivity contribution in [2.24, 2.45) is 0 Å². The number of halogens is 2. The van der Waals surface area contributed by atoms with Gasteiger partial charge in [-0.15, -0.1) is 0 Å². The number of pyridine rings is 1. The Bertz CT molecular complexity index is 1220. The van der Waals surface area contributed by atoms with Crippen molar-refractivity contribution in [2.75, 3.05) is 18.6 Å². The minimum absolute atomic E-state index is 0.215. The molecular formula is C22H17Cl2N3O3S. The highest BCUT2D eigenvalue weighted by molar-refractivity contribution is 7.22. The summed E-state index contributed by atoms with van der Waals surface area (Å²) in [5.41, 5.74) is 1.48. The summed E-state index contributed by atoms with van der Waals surface area (Å²) in [6.07, 6.45) is 1.69. The van der Waals surface area contributed by atoms with Crippen LogP contribution in [0.1, 0.15) is 5.69 Å². The number of nitrogens with zero attached hydrogens (tertiary/aromatic N) is 3. The molecule has 4 rings (SSSR count). The van der Waals surface area contributed by atoms with Crippen LogP contribution in [0.15, 0.2) is 60.8 Å². The first-order valence-electron chi connectivity index (χ1n) is 9.26. The molecule has 0 atom stereocenters. The van der Waals surface area contributed by atoms with E-state index in [1.807, 2.05) is 36.4 Å². The molecule has 6 nitrogen and oxygen atoms in total. The molecule has 0 aliphatic carbocycles. The van der Waals surface area contributed by atoms with Crippen molar-refractivity contribution in [3.8, 4) is 11.5 Å². The molecule has 158 valence electrons. The average molecular weight is 474 g/mol. The molecule has 0 aliphatic heterocycles. The molecule has 0 aliphatic rings. The van der Waals surface area contributed by atoms with Gasteiger partial charge in [-0.3, -0.25) is 14.7 Å². The fourth-order valence-corrected chi connectivity index (χ4v) is 4.29. The molecule has 9 heteroatoms. The molecule has 2 aromatic heterocycles. The van der Waals surface area contributed by atoms with Crippen molar-refractivity contribution in [1.82, 2.24) is 9.97 Å². The van der Waals surface area contributed by atoms with Crippen molar-refractivity contribution < 1.29 is 14.3 Å².